The van der Waals surface area contributed by atoms with E-state index < -0.39 is 6.03 Å². The van der Waals surface area contributed by atoms with E-state index in [4.69, 9.17) is 5.73 Å². The lowest BCUT2D eigenvalue weighted by Gasteiger charge is -2.08. The number of rotatable bonds is 3. The van der Waals surface area contributed by atoms with Crippen molar-refractivity contribution >= 4 is 34.2 Å². The molecule has 23 heavy (non-hydrogen) atoms. The zero-order chi connectivity index (χ0) is 16.2. The van der Waals surface area contributed by atoms with Gasteiger partial charge in [0.1, 0.15) is 5.69 Å². The van der Waals surface area contributed by atoms with Gasteiger partial charge in [0.05, 0.1) is 5.52 Å². The number of pyridine rings is 1. The molecule has 3 amide bonds. The van der Waals surface area contributed by atoms with Gasteiger partial charge in [0.25, 0.3) is 5.91 Å². The quantitative estimate of drug-likeness (QED) is 0.694. The van der Waals surface area contributed by atoms with Crippen molar-refractivity contribution in [1.82, 2.24) is 4.98 Å². The zero-order valence-corrected chi connectivity index (χ0v) is 12.1. The number of nitrogens with one attached hydrogen (secondary N) is 2. The van der Waals surface area contributed by atoms with Gasteiger partial charge in [-0.15, -0.1) is 0 Å². The van der Waals surface area contributed by atoms with Crippen molar-refractivity contribution in [3.63, 3.8) is 0 Å². The molecule has 2 aromatic carbocycles. The van der Waals surface area contributed by atoms with Crippen molar-refractivity contribution in [2.75, 3.05) is 10.6 Å². The lowest BCUT2D eigenvalue weighted by atomic mass is 10.2. The summed E-state index contributed by atoms with van der Waals surface area (Å²) < 4.78 is 0. The van der Waals surface area contributed by atoms with E-state index in [9.17, 15) is 9.59 Å². The number of carbonyl (C=O) groups is 2. The Morgan fingerprint density at radius 2 is 1.61 bits per heavy atom. The summed E-state index contributed by atoms with van der Waals surface area (Å²) in [6.07, 6.45) is 0. The first-order valence-electron chi connectivity index (χ1n) is 6.95. The summed E-state index contributed by atoms with van der Waals surface area (Å²) in [7, 11) is 0. The van der Waals surface area contributed by atoms with Gasteiger partial charge in [-0.25, -0.2) is 9.78 Å². The maximum absolute atomic E-state index is 12.3. The largest absolute Gasteiger partial charge is 0.351 e. The summed E-state index contributed by atoms with van der Waals surface area (Å²) in [5.74, 6) is -0.327. The number of nitrogens with two attached hydrogens (primary N) is 1. The Morgan fingerprint density at radius 1 is 0.870 bits per heavy atom. The van der Waals surface area contributed by atoms with Crippen LogP contribution in [0.5, 0.6) is 0 Å². The highest BCUT2D eigenvalue weighted by Gasteiger charge is 2.09. The number of carbonyl (C=O) groups excluding carboxylic acids is 2. The summed E-state index contributed by atoms with van der Waals surface area (Å²) >= 11 is 0. The number of nitrogens with zero attached hydrogens (tertiary/aromatic N) is 1. The molecule has 3 rings (SSSR count). The number of para-hydroxylation sites is 1. The molecule has 3 aromatic rings. The molecule has 114 valence electrons. The van der Waals surface area contributed by atoms with Gasteiger partial charge in [0.2, 0.25) is 0 Å². The van der Waals surface area contributed by atoms with Crippen molar-refractivity contribution < 1.29 is 9.59 Å². The number of primary amides is 1. The van der Waals surface area contributed by atoms with Crippen molar-refractivity contribution in [3.05, 3.63) is 66.4 Å². The Balaban J connectivity index is 1.81. The van der Waals surface area contributed by atoms with Gasteiger partial charge < -0.3 is 16.4 Å². The van der Waals surface area contributed by atoms with E-state index in [0.29, 0.717) is 17.1 Å². The highest BCUT2D eigenvalue weighted by Crippen LogP contribution is 2.17. The summed E-state index contributed by atoms with van der Waals surface area (Å²) in [6.45, 7) is 0. The van der Waals surface area contributed by atoms with Gasteiger partial charge in [-0.3, -0.25) is 4.79 Å². The minimum Gasteiger partial charge on any atom is -0.351 e. The van der Waals surface area contributed by atoms with Gasteiger partial charge in [-0.1, -0.05) is 30.3 Å². The predicted octanol–water partition coefficient (Wildman–Crippen LogP) is 2.98. The second-order valence-corrected chi connectivity index (χ2v) is 4.91. The Kier molecular flexibility index (Phi) is 3.88. The molecule has 0 aliphatic rings. The molecule has 0 unspecified atom stereocenters. The average Bonchev–Trinajstić information content (AvgIpc) is 2.54. The van der Waals surface area contributed by atoms with Gasteiger partial charge in [0, 0.05) is 16.8 Å². The van der Waals surface area contributed by atoms with Gasteiger partial charge in [-0.05, 0) is 30.3 Å². The fraction of sp³-hybridized carbons (Fsp3) is 0. The summed E-state index contributed by atoms with van der Waals surface area (Å²) in [6, 6.07) is 17.1. The fourth-order valence-corrected chi connectivity index (χ4v) is 2.20. The van der Waals surface area contributed by atoms with Crippen LogP contribution in [0.1, 0.15) is 10.5 Å². The molecule has 6 heteroatoms. The van der Waals surface area contributed by atoms with Crippen molar-refractivity contribution in [2.45, 2.75) is 0 Å². The molecule has 6 nitrogen and oxygen atoms in total. The van der Waals surface area contributed by atoms with Crippen LogP contribution < -0.4 is 16.4 Å². The molecular weight excluding hydrogens is 292 g/mol. The third-order valence-corrected chi connectivity index (χ3v) is 3.22. The summed E-state index contributed by atoms with van der Waals surface area (Å²) in [4.78, 5) is 27.5. The van der Waals surface area contributed by atoms with E-state index in [2.05, 4.69) is 15.6 Å². The Bertz CT molecular complexity index is 892. The molecular formula is C17H14N4O2. The average molecular weight is 306 g/mol. The SMILES string of the molecule is NC(=O)Nc1cccc(NC(=O)c2ccc3ccccc3n2)c1. The van der Waals surface area contributed by atoms with Gasteiger partial charge >= 0.3 is 6.03 Å². The van der Waals surface area contributed by atoms with Gasteiger partial charge in [0.15, 0.2) is 0 Å². The minimum atomic E-state index is -0.662. The Morgan fingerprint density at radius 3 is 2.39 bits per heavy atom. The molecule has 1 heterocycles. The molecule has 0 atom stereocenters. The number of hydrogen-bond donors (Lipinski definition) is 3. The molecule has 0 spiro atoms. The van der Waals surface area contributed by atoms with E-state index >= 15 is 0 Å². The first-order valence-corrected chi connectivity index (χ1v) is 6.95. The lowest BCUT2D eigenvalue weighted by Crippen LogP contribution is -2.19. The number of benzene rings is 2. The lowest BCUT2D eigenvalue weighted by molar-refractivity contribution is 0.102. The third kappa shape index (κ3) is 3.44. The number of urea groups is 1. The predicted molar refractivity (Wildman–Crippen MR) is 89.3 cm³/mol. The second-order valence-electron chi connectivity index (χ2n) is 4.91. The van der Waals surface area contributed by atoms with Crippen molar-refractivity contribution in [2.24, 2.45) is 5.73 Å². The molecule has 0 fully saturated rings. The number of amides is 3. The van der Waals surface area contributed by atoms with Crippen LogP contribution in [0, 0.1) is 0 Å². The summed E-state index contributed by atoms with van der Waals surface area (Å²) in [5.41, 5.74) is 7.18. The smallest absolute Gasteiger partial charge is 0.316 e. The Labute approximate surface area is 132 Å². The molecule has 0 aliphatic carbocycles. The van der Waals surface area contributed by atoms with Crippen LogP contribution in [0.3, 0.4) is 0 Å². The summed E-state index contributed by atoms with van der Waals surface area (Å²) in [5, 5.41) is 6.17. The molecule has 0 saturated carbocycles. The maximum atomic E-state index is 12.3. The highest BCUT2D eigenvalue weighted by molar-refractivity contribution is 6.04. The van der Waals surface area contributed by atoms with Crippen molar-refractivity contribution in [1.29, 1.82) is 0 Å². The van der Waals surface area contributed by atoms with Crippen LogP contribution in [0.15, 0.2) is 60.7 Å². The van der Waals surface area contributed by atoms with Crippen LogP contribution in [-0.2, 0) is 0 Å². The monoisotopic (exact) mass is 306 g/mol. The third-order valence-electron chi connectivity index (χ3n) is 3.22. The topological polar surface area (TPSA) is 97.1 Å². The van der Waals surface area contributed by atoms with Crippen LogP contribution in [0.4, 0.5) is 16.2 Å². The van der Waals surface area contributed by atoms with Crippen LogP contribution >= 0.6 is 0 Å². The normalized spacial score (nSPS) is 10.3. The highest BCUT2D eigenvalue weighted by atomic mass is 16.2. The molecule has 4 N–H and O–H groups in total. The minimum absolute atomic E-state index is 0.317. The molecule has 1 aromatic heterocycles. The molecule has 0 aliphatic heterocycles. The number of hydrogen-bond acceptors (Lipinski definition) is 3. The molecule has 0 bridgehead atoms. The first-order chi connectivity index (χ1) is 11.1. The fourth-order valence-electron chi connectivity index (χ4n) is 2.20. The van der Waals surface area contributed by atoms with E-state index in [1.54, 1.807) is 30.3 Å². The first kappa shape index (κ1) is 14.5. The van der Waals surface area contributed by atoms with E-state index in [1.165, 1.54) is 0 Å². The van der Waals surface area contributed by atoms with E-state index in [-0.39, 0.29) is 5.91 Å². The number of anilines is 2. The Hall–Kier alpha value is -3.41. The van der Waals surface area contributed by atoms with E-state index in [1.807, 2.05) is 30.3 Å². The maximum Gasteiger partial charge on any atom is 0.316 e. The van der Waals surface area contributed by atoms with Gasteiger partial charge in [-0.2, -0.15) is 0 Å². The van der Waals surface area contributed by atoms with E-state index in [0.717, 1.165) is 10.9 Å². The molecule has 0 radical (unpaired) electrons. The number of fused-ring (bicyclic) bond motifs is 1. The number of aromatic nitrogens is 1. The second kappa shape index (κ2) is 6.15. The van der Waals surface area contributed by atoms with Crippen LogP contribution in [-0.4, -0.2) is 16.9 Å². The van der Waals surface area contributed by atoms with Crippen molar-refractivity contribution in [3.8, 4) is 0 Å². The zero-order valence-electron chi connectivity index (χ0n) is 12.1. The van der Waals surface area contributed by atoms with Crippen LogP contribution in [0.2, 0.25) is 0 Å². The molecule has 0 saturated heterocycles. The standard InChI is InChI=1S/C17H14N4O2/c18-17(23)20-13-6-3-5-12(10-13)19-16(22)15-9-8-11-4-1-2-7-14(11)21-15/h1-10H,(H,19,22)(H3,18,20,23). The van der Waals surface area contributed by atoms with Crippen LogP contribution in [0.25, 0.3) is 10.9 Å².